The van der Waals surface area contributed by atoms with E-state index >= 15 is 0 Å². The molecule has 1 aliphatic heterocycles. The van der Waals surface area contributed by atoms with Crippen LogP contribution in [0.2, 0.25) is 0 Å². The smallest absolute Gasteiger partial charge is 0.255 e. The van der Waals surface area contributed by atoms with E-state index < -0.39 is 52.6 Å². The molecular weight excluding hydrogens is 466 g/mol. The molecule has 1 amide bonds. The highest BCUT2D eigenvalue weighted by atomic mass is 16.5. The minimum atomic E-state index is -1.25. The number of morpholine rings is 1. The molecule has 0 aromatic heterocycles. The summed E-state index contributed by atoms with van der Waals surface area (Å²) in [5.41, 5.74) is 6.89. The number of ether oxygens (including phenoxy) is 1. The van der Waals surface area contributed by atoms with Gasteiger partial charge in [-0.1, -0.05) is 6.07 Å². The zero-order valence-electron chi connectivity index (χ0n) is 20.4. The number of phenols is 1. The number of nitrogens with two attached hydrogens (primary N) is 1. The number of nitrogens with zero attached hydrogens (tertiary/aromatic N) is 2. The third kappa shape index (κ3) is 3.71. The highest BCUT2D eigenvalue weighted by Crippen LogP contribution is 2.50. The first kappa shape index (κ1) is 24.5. The molecule has 0 bridgehead atoms. The Hall–Kier alpha value is -3.21. The SMILES string of the molecule is CN(C)[C@@H]1C(O)=C(C(N)=O)C(=O)[C@@H]2C(=O)C3=C(O)c4c(O)ccc(CN5CCOCC5)c4C[C@H]3C[C@H]21. The maximum atomic E-state index is 13.8. The first-order chi connectivity index (χ1) is 17.1. The van der Waals surface area contributed by atoms with Crippen molar-refractivity contribution in [1.29, 1.82) is 0 Å². The topological polar surface area (TPSA) is 154 Å². The number of aliphatic hydroxyl groups excluding tert-OH is 2. The van der Waals surface area contributed by atoms with Gasteiger partial charge < -0.3 is 25.8 Å². The van der Waals surface area contributed by atoms with Crippen LogP contribution in [0.4, 0.5) is 0 Å². The van der Waals surface area contributed by atoms with E-state index in [1.165, 1.54) is 6.07 Å². The Balaban J connectivity index is 1.59. The Morgan fingerprint density at radius 1 is 1.14 bits per heavy atom. The van der Waals surface area contributed by atoms with Crippen LogP contribution in [0, 0.1) is 17.8 Å². The minimum absolute atomic E-state index is 0.0960. The second-order valence-corrected chi connectivity index (χ2v) is 10.3. The lowest BCUT2D eigenvalue weighted by atomic mass is 9.59. The third-order valence-corrected chi connectivity index (χ3v) is 8.04. The number of aromatic hydroxyl groups is 1. The maximum Gasteiger partial charge on any atom is 0.255 e. The van der Waals surface area contributed by atoms with Gasteiger partial charge in [0, 0.05) is 25.2 Å². The molecular formula is C26H31N3O7. The van der Waals surface area contributed by atoms with Crippen LogP contribution in [-0.2, 0) is 32.1 Å². The van der Waals surface area contributed by atoms with E-state index in [1.807, 2.05) is 6.07 Å². The summed E-state index contributed by atoms with van der Waals surface area (Å²) in [5, 5.41) is 32.8. The number of primary amides is 1. The average molecular weight is 498 g/mol. The molecule has 0 unspecified atom stereocenters. The molecule has 1 aromatic carbocycles. The molecule has 36 heavy (non-hydrogen) atoms. The quantitative estimate of drug-likeness (QED) is 0.347. The van der Waals surface area contributed by atoms with Gasteiger partial charge in [0.05, 0.1) is 30.7 Å². The number of allylic oxidation sites excluding steroid dienone is 1. The summed E-state index contributed by atoms with van der Waals surface area (Å²) in [4.78, 5) is 42.9. The van der Waals surface area contributed by atoms with Gasteiger partial charge in [0.15, 0.2) is 11.6 Å². The van der Waals surface area contributed by atoms with Crippen molar-refractivity contribution in [2.75, 3.05) is 40.4 Å². The van der Waals surface area contributed by atoms with Crippen LogP contribution < -0.4 is 5.73 Å². The number of fused-ring (bicyclic) bond motifs is 3. The lowest BCUT2D eigenvalue weighted by molar-refractivity contribution is -0.136. The van der Waals surface area contributed by atoms with Crippen molar-refractivity contribution in [2.45, 2.75) is 25.4 Å². The number of hydrogen-bond donors (Lipinski definition) is 4. The Labute approximate surface area is 208 Å². The van der Waals surface area contributed by atoms with Crippen LogP contribution in [0.1, 0.15) is 23.1 Å². The number of phenolic OH excluding ortho intramolecular Hbond substituents is 1. The van der Waals surface area contributed by atoms with Gasteiger partial charge in [-0.15, -0.1) is 0 Å². The van der Waals surface area contributed by atoms with Crippen LogP contribution in [0.15, 0.2) is 29.0 Å². The summed E-state index contributed by atoms with van der Waals surface area (Å²) in [6.07, 6.45) is 0.742. The lowest BCUT2D eigenvalue weighted by Crippen LogP contribution is -2.55. The number of carbonyl (C=O) groups excluding carboxylic acids is 3. The highest BCUT2D eigenvalue weighted by molar-refractivity contribution is 6.28. The largest absolute Gasteiger partial charge is 0.510 e. The zero-order valence-corrected chi connectivity index (χ0v) is 20.4. The van der Waals surface area contributed by atoms with E-state index in [2.05, 4.69) is 4.90 Å². The molecule has 192 valence electrons. The minimum Gasteiger partial charge on any atom is -0.510 e. The number of carbonyl (C=O) groups is 3. The second kappa shape index (κ2) is 9.02. The molecule has 1 saturated carbocycles. The van der Waals surface area contributed by atoms with Crippen molar-refractivity contribution in [3.8, 4) is 5.75 Å². The number of benzene rings is 1. The Morgan fingerprint density at radius 3 is 2.47 bits per heavy atom. The predicted molar refractivity (Wildman–Crippen MR) is 129 cm³/mol. The summed E-state index contributed by atoms with van der Waals surface area (Å²) in [6, 6.07) is 2.61. The van der Waals surface area contributed by atoms with Crippen LogP contribution in [0.5, 0.6) is 5.75 Å². The number of aliphatic hydroxyl groups is 2. The first-order valence-corrected chi connectivity index (χ1v) is 12.2. The summed E-state index contributed by atoms with van der Waals surface area (Å²) in [6.45, 7) is 3.44. The van der Waals surface area contributed by atoms with E-state index in [4.69, 9.17) is 10.5 Å². The summed E-state index contributed by atoms with van der Waals surface area (Å²) in [7, 11) is 3.41. The summed E-state index contributed by atoms with van der Waals surface area (Å²) >= 11 is 0. The molecule has 3 aliphatic carbocycles. The lowest BCUT2D eigenvalue weighted by Gasteiger charge is -2.46. The monoisotopic (exact) mass is 497 g/mol. The molecule has 0 radical (unpaired) electrons. The van der Waals surface area contributed by atoms with Crippen molar-refractivity contribution in [1.82, 2.24) is 9.80 Å². The van der Waals surface area contributed by atoms with E-state index in [1.54, 1.807) is 19.0 Å². The van der Waals surface area contributed by atoms with E-state index in [0.717, 1.165) is 24.2 Å². The molecule has 1 saturated heterocycles. The second-order valence-electron chi connectivity index (χ2n) is 10.3. The third-order valence-electron chi connectivity index (χ3n) is 8.04. The molecule has 0 spiro atoms. The van der Waals surface area contributed by atoms with Gasteiger partial charge in [0.25, 0.3) is 5.91 Å². The molecule has 5 rings (SSSR count). The maximum absolute atomic E-state index is 13.8. The van der Waals surface area contributed by atoms with Gasteiger partial charge >= 0.3 is 0 Å². The first-order valence-electron chi connectivity index (χ1n) is 12.2. The van der Waals surface area contributed by atoms with Crippen LogP contribution in [0.3, 0.4) is 0 Å². The molecule has 1 aromatic rings. The van der Waals surface area contributed by atoms with Crippen LogP contribution in [0.25, 0.3) is 5.76 Å². The Bertz CT molecular complexity index is 1210. The van der Waals surface area contributed by atoms with E-state index in [-0.39, 0.29) is 22.6 Å². The fraction of sp³-hybridized carbons (Fsp3) is 0.500. The number of rotatable bonds is 4. The van der Waals surface area contributed by atoms with Crippen molar-refractivity contribution in [3.63, 3.8) is 0 Å². The highest BCUT2D eigenvalue weighted by Gasteiger charge is 2.55. The fourth-order valence-electron chi connectivity index (χ4n) is 6.48. The molecule has 1 heterocycles. The fourth-order valence-corrected chi connectivity index (χ4v) is 6.48. The molecule has 10 heteroatoms. The molecule has 10 nitrogen and oxygen atoms in total. The molecule has 5 N–H and O–H groups in total. The Kier molecular flexibility index (Phi) is 6.14. The van der Waals surface area contributed by atoms with Crippen molar-refractivity contribution < 1.29 is 34.4 Å². The van der Waals surface area contributed by atoms with Crippen molar-refractivity contribution in [3.05, 3.63) is 45.7 Å². The Morgan fingerprint density at radius 2 is 1.83 bits per heavy atom. The number of likely N-dealkylation sites (N-methyl/N-ethyl adjacent to an activating group) is 1. The van der Waals surface area contributed by atoms with E-state index in [0.29, 0.717) is 32.6 Å². The number of amides is 1. The number of ketones is 2. The number of hydrogen-bond acceptors (Lipinski definition) is 9. The predicted octanol–water partition coefficient (Wildman–Crippen LogP) is 0.681. The normalized spacial score (nSPS) is 28.8. The van der Waals surface area contributed by atoms with Crippen molar-refractivity contribution in [2.24, 2.45) is 23.5 Å². The van der Waals surface area contributed by atoms with Crippen LogP contribution >= 0.6 is 0 Å². The van der Waals surface area contributed by atoms with Gasteiger partial charge in [-0.3, -0.25) is 24.2 Å². The van der Waals surface area contributed by atoms with Crippen molar-refractivity contribution >= 4 is 23.2 Å². The molecule has 2 fully saturated rings. The number of Topliss-reactive ketones (excluding diaryl/α,β-unsaturated/α-hetero) is 2. The zero-order chi connectivity index (χ0) is 25.9. The molecule has 4 aliphatic rings. The van der Waals surface area contributed by atoms with Gasteiger partial charge in [-0.2, -0.15) is 0 Å². The van der Waals surface area contributed by atoms with Gasteiger partial charge in [-0.25, -0.2) is 0 Å². The summed E-state index contributed by atoms with van der Waals surface area (Å²) < 4.78 is 5.44. The standard InChI is InChI=1S/C26H31N3O7/c1-28(2)21-15-10-13-9-14-12(11-29-5-7-36-8-6-29)3-4-16(30)18(14)22(31)17(13)23(32)19(15)24(33)20(25(21)34)26(27)35/h3-4,13,15,19,21,30-31,34H,5-11H2,1-2H3,(H2,27,35)/t13-,15+,19-,21-/m0/s1. The average Bonchev–Trinajstić information content (AvgIpc) is 2.80. The van der Waals surface area contributed by atoms with Gasteiger partial charge in [0.1, 0.15) is 22.8 Å². The van der Waals surface area contributed by atoms with Gasteiger partial charge in [0.2, 0.25) is 0 Å². The summed E-state index contributed by atoms with van der Waals surface area (Å²) in [5.74, 6) is -5.60. The van der Waals surface area contributed by atoms with E-state index in [9.17, 15) is 29.7 Å². The van der Waals surface area contributed by atoms with Gasteiger partial charge in [-0.05, 0) is 56.0 Å². The molecule has 4 atom stereocenters. The van der Waals surface area contributed by atoms with Crippen LogP contribution in [-0.4, -0.2) is 89.0 Å².